The van der Waals surface area contributed by atoms with Gasteiger partial charge in [-0.1, -0.05) is 33.6 Å². The van der Waals surface area contributed by atoms with E-state index in [0.29, 0.717) is 16.4 Å². The third-order valence-corrected chi connectivity index (χ3v) is 4.50. The Morgan fingerprint density at radius 1 is 1.11 bits per heavy atom. The highest BCUT2D eigenvalue weighted by Crippen LogP contribution is 2.25. The first-order chi connectivity index (χ1) is 13.1. The van der Waals surface area contributed by atoms with E-state index in [0.717, 1.165) is 10.2 Å². The summed E-state index contributed by atoms with van der Waals surface area (Å²) in [6.45, 7) is 0. The molecule has 0 atom stereocenters. The Bertz CT molecular complexity index is 1110. The summed E-state index contributed by atoms with van der Waals surface area (Å²) in [6, 6.07) is 14.4. The van der Waals surface area contributed by atoms with Crippen LogP contribution in [-0.2, 0) is 0 Å². The molecule has 0 bridgehead atoms. The van der Waals surface area contributed by atoms with Crippen LogP contribution in [0.15, 0.2) is 71.9 Å². The van der Waals surface area contributed by atoms with Crippen molar-refractivity contribution in [3.63, 3.8) is 0 Å². The van der Waals surface area contributed by atoms with Crippen molar-refractivity contribution in [3.05, 3.63) is 82.6 Å². The summed E-state index contributed by atoms with van der Waals surface area (Å²) >= 11 is 9.43. The quantitative estimate of drug-likeness (QED) is 0.515. The molecule has 0 saturated heterocycles. The average Bonchev–Trinajstić information content (AvgIpc) is 3.34. The summed E-state index contributed by atoms with van der Waals surface area (Å²) < 4.78 is 4.00. The van der Waals surface area contributed by atoms with Crippen LogP contribution in [0.1, 0.15) is 10.5 Å². The third-order valence-electron chi connectivity index (χ3n) is 3.77. The standard InChI is InChI=1S/C18H12BrClN6O/c19-12-4-5-17(26-11-21-10-22-26)16(8-12)23-18(27)15-6-7-25(24-15)14-3-1-2-13(20)9-14/h1-11H,(H,23,27). The third kappa shape index (κ3) is 3.76. The van der Waals surface area contributed by atoms with Crippen molar-refractivity contribution in [1.82, 2.24) is 24.5 Å². The number of halogens is 2. The lowest BCUT2D eigenvalue weighted by Crippen LogP contribution is -2.15. The Morgan fingerprint density at radius 3 is 2.78 bits per heavy atom. The van der Waals surface area contributed by atoms with Crippen LogP contribution in [-0.4, -0.2) is 30.5 Å². The number of amides is 1. The van der Waals surface area contributed by atoms with Gasteiger partial charge in [0.1, 0.15) is 12.7 Å². The molecule has 0 unspecified atom stereocenters. The summed E-state index contributed by atoms with van der Waals surface area (Å²) in [7, 11) is 0. The molecule has 134 valence electrons. The highest BCUT2D eigenvalue weighted by Gasteiger charge is 2.14. The van der Waals surface area contributed by atoms with E-state index in [1.807, 2.05) is 24.3 Å². The fraction of sp³-hybridized carbons (Fsp3) is 0. The normalized spacial score (nSPS) is 10.7. The maximum Gasteiger partial charge on any atom is 0.276 e. The number of aromatic nitrogens is 5. The molecule has 0 aliphatic carbocycles. The number of anilines is 1. The van der Waals surface area contributed by atoms with E-state index in [9.17, 15) is 4.79 Å². The van der Waals surface area contributed by atoms with E-state index in [1.165, 1.54) is 6.33 Å². The molecule has 0 saturated carbocycles. The van der Waals surface area contributed by atoms with Crippen molar-refractivity contribution >= 4 is 39.1 Å². The van der Waals surface area contributed by atoms with Gasteiger partial charge in [-0.15, -0.1) is 0 Å². The number of carbonyl (C=O) groups is 1. The van der Waals surface area contributed by atoms with Gasteiger partial charge in [-0.25, -0.2) is 14.3 Å². The number of nitrogens with one attached hydrogen (secondary N) is 1. The SMILES string of the molecule is O=C(Nc1cc(Br)ccc1-n1cncn1)c1ccn(-c2cccc(Cl)c2)n1. The average molecular weight is 444 g/mol. The molecule has 2 aromatic heterocycles. The summed E-state index contributed by atoms with van der Waals surface area (Å²) in [4.78, 5) is 16.6. The summed E-state index contributed by atoms with van der Waals surface area (Å²) in [5, 5.41) is 11.9. The van der Waals surface area contributed by atoms with Crippen molar-refractivity contribution in [2.24, 2.45) is 0 Å². The van der Waals surface area contributed by atoms with Crippen LogP contribution in [0.5, 0.6) is 0 Å². The van der Waals surface area contributed by atoms with E-state index < -0.39 is 0 Å². The van der Waals surface area contributed by atoms with Gasteiger partial charge < -0.3 is 5.32 Å². The number of benzene rings is 2. The second-order valence-corrected chi connectivity index (χ2v) is 6.93. The zero-order valence-corrected chi connectivity index (χ0v) is 16.1. The number of rotatable bonds is 4. The minimum absolute atomic E-state index is 0.277. The molecule has 4 rings (SSSR count). The molecule has 2 heterocycles. The van der Waals surface area contributed by atoms with Crippen molar-refractivity contribution in [1.29, 1.82) is 0 Å². The number of nitrogens with zero attached hydrogens (tertiary/aromatic N) is 5. The van der Waals surface area contributed by atoms with E-state index in [-0.39, 0.29) is 11.6 Å². The summed E-state index contributed by atoms with van der Waals surface area (Å²) in [5.41, 5.74) is 2.32. The topological polar surface area (TPSA) is 77.6 Å². The van der Waals surface area contributed by atoms with Crippen LogP contribution in [0.3, 0.4) is 0 Å². The lowest BCUT2D eigenvalue weighted by Gasteiger charge is -2.10. The van der Waals surface area contributed by atoms with Gasteiger partial charge in [0.05, 0.1) is 17.1 Å². The van der Waals surface area contributed by atoms with Gasteiger partial charge >= 0.3 is 0 Å². The Balaban J connectivity index is 1.61. The molecular formula is C18H12BrClN6O. The maximum atomic E-state index is 12.7. The number of carbonyl (C=O) groups excluding carboxylic acids is 1. The monoisotopic (exact) mass is 442 g/mol. The highest BCUT2D eigenvalue weighted by molar-refractivity contribution is 9.10. The molecule has 27 heavy (non-hydrogen) atoms. The van der Waals surface area contributed by atoms with Gasteiger partial charge in [0.2, 0.25) is 0 Å². The Kier molecular flexibility index (Phi) is 4.74. The van der Waals surface area contributed by atoms with Crippen molar-refractivity contribution in [2.45, 2.75) is 0 Å². The molecule has 1 N–H and O–H groups in total. The van der Waals surface area contributed by atoms with Gasteiger partial charge in [-0.3, -0.25) is 4.79 Å². The van der Waals surface area contributed by atoms with Gasteiger partial charge in [-0.2, -0.15) is 10.2 Å². The molecule has 4 aromatic rings. The fourth-order valence-corrected chi connectivity index (χ4v) is 3.08. The molecule has 0 fully saturated rings. The lowest BCUT2D eigenvalue weighted by atomic mass is 10.2. The lowest BCUT2D eigenvalue weighted by molar-refractivity contribution is 0.102. The first kappa shape index (κ1) is 17.4. The molecule has 2 aromatic carbocycles. The maximum absolute atomic E-state index is 12.7. The molecule has 1 amide bonds. The largest absolute Gasteiger partial charge is 0.319 e. The van der Waals surface area contributed by atoms with Crippen LogP contribution in [0.2, 0.25) is 5.02 Å². The second kappa shape index (κ2) is 7.34. The number of hydrogen-bond donors (Lipinski definition) is 1. The van der Waals surface area contributed by atoms with E-state index >= 15 is 0 Å². The fourth-order valence-electron chi connectivity index (χ4n) is 2.53. The van der Waals surface area contributed by atoms with E-state index in [1.54, 1.807) is 46.2 Å². The first-order valence-electron chi connectivity index (χ1n) is 7.88. The van der Waals surface area contributed by atoms with Crippen molar-refractivity contribution in [2.75, 3.05) is 5.32 Å². The molecular weight excluding hydrogens is 432 g/mol. The predicted molar refractivity (Wildman–Crippen MR) is 106 cm³/mol. The van der Waals surface area contributed by atoms with Crippen LogP contribution >= 0.6 is 27.5 Å². The van der Waals surface area contributed by atoms with Crippen molar-refractivity contribution in [3.8, 4) is 11.4 Å². The molecule has 0 aliphatic heterocycles. The van der Waals surface area contributed by atoms with Crippen LogP contribution < -0.4 is 5.32 Å². The molecule has 9 heteroatoms. The minimum Gasteiger partial charge on any atom is -0.319 e. The van der Waals surface area contributed by atoms with Gasteiger partial charge in [-0.05, 0) is 42.5 Å². The first-order valence-corrected chi connectivity index (χ1v) is 9.05. The minimum atomic E-state index is -0.338. The van der Waals surface area contributed by atoms with Crippen LogP contribution in [0.25, 0.3) is 11.4 Å². The molecule has 0 spiro atoms. The number of hydrogen-bond acceptors (Lipinski definition) is 4. The van der Waals surface area contributed by atoms with Crippen LogP contribution in [0.4, 0.5) is 5.69 Å². The summed E-state index contributed by atoms with van der Waals surface area (Å²) in [6.07, 6.45) is 4.70. The molecule has 0 aliphatic rings. The van der Waals surface area contributed by atoms with E-state index in [2.05, 4.69) is 36.4 Å². The Labute approximate surface area is 167 Å². The van der Waals surface area contributed by atoms with Gasteiger partial charge in [0.25, 0.3) is 5.91 Å². The van der Waals surface area contributed by atoms with Gasteiger partial charge in [0.15, 0.2) is 5.69 Å². The Hall–Kier alpha value is -2.97. The summed E-state index contributed by atoms with van der Waals surface area (Å²) in [5.74, 6) is -0.338. The van der Waals surface area contributed by atoms with Gasteiger partial charge in [0, 0.05) is 15.7 Å². The smallest absolute Gasteiger partial charge is 0.276 e. The zero-order valence-electron chi connectivity index (χ0n) is 13.8. The predicted octanol–water partition coefficient (Wildman–Crippen LogP) is 4.12. The van der Waals surface area contributed by atoms with Crippen LogP contribution in [0, 0.1) is 0 Å². The molecule has 7 nitrogen and oxygen atoms in total. The zero-order chi connectivity index (χ0) is 18.8. The highest BCUT2D eigenvalue weighted by atomic mass is 79.9. The van der Waals surface area contributed by atoms with E-state index in [4.69, 9.17) is 11.6 Å². The Morgan fingerprint density at radius 2 is 2.00 bits per heavy atom. The van der Waals surface area contributed by atoms with Crippen molar-refractivity contribution < 1.29 is 4.79 Å². The molecule has 0 radical (unpaired) electrons. The second-order valence-electron chi connectivity index (χ2n) is 5.58.